The molecule has 2 amide bonds. The van der Waals surface area contributed by atoms with Gasteiger partial charge in [-0.15, -0.1) is 0 Å². The van der Waals surface area contributed by atoms with Gasteiger partial charge in [-0.2, -0.15) is 0 Å². The highest BCUT2D eigenvalue weighted by atomic mass is 35.5. The monoisotopic (exact) mass is 379 g/mol. The Hall–Kier alpha value is -3.33. The second-order valence-corrected chi connectivity index (χ2v) is 5.33. The van der Waals surface area contributed by atoms with E-state index in [0.717, 1.165) is 6.07 Å². The van der Waals surface area contributed by atoms with Crippen LogP contribution in [-0.4, -0.2) is 31.0 Å². The van der Waals surface area contributed by atoms with Gasteiger partial charge < -0.3 is 20.1 Å². The first kappa shape index (κ1) is 19.0. The Morgan fingerprint density at radius 1 is 0.962 bits per heavy atom. The van der Waals surface area contributed by atoms with E-state index in [1.165, 1.54) is 38.5 Å². The standard InChI is InChI=1S/C16H14ClN3O6/c1-25-13-6-3-9(17)7-12(13)19-16(22)15(21)18-11-5-4-10(20(23)24)8-14(11)26-2/h3-8H,1-2H3,(H,18,21)(H,19,22). The Morgan fingerprint density at radius 3 is 2.15 bits per heavy atom. The second-order valence-electron chi connectivity index (χ2n) is 4.89. The third kappa shape index (κ3) is 4.39. The molecule has 0 aromatic heterocycles. The number of amides is 2. The third-order valence-corrected chi connectivity index (χ3v) is 3.50. The van der Waals surface area contributed by atoms with Gasteiger partial charge in [0.15, 0.2) is 0 Å². The summed E-state index contributed by atoms with van der Waals surface area (Å²) in [7, 11) is 2.69. The van der Waals surface area contributed by atoms with Crippen LogP contribution in [0, 0.1) is 10.1 Å². The lowest BCUT2D eigenvalue weighted by Crippen LogP contribution is -2.29. The predicted molar refractivity (Wildman–Crippen MR) is 94.9 cm³/mol. The Bertz CT molecular complexity index is 871. The van der Waals surface area contributed by atoms with E-state index in [9.17, 15) is 19.7 Å². The summed E-state index contributed by atoms with van der Waals surface area (Å²) < 4.78 is 10.1. The van der Waals surface area contributed by atoms with Gasteiger partial charge in [-0.3, -0.25) is 19.7 Å². The molecule has 2 rings (SSSR count). The van der Waals surface area contributed by atoms with E-state index in [-0.39, 0.29) is 22.8 Å². The molecule has 0 bridgehead atoms. The van der Waals surface area contributed by atoms with E-state index in [2.05, 4.69) is 10.6 Å². The number of nitro groups is 1. The maximum atomic E-state index is 12.1. The molecule has 9 nitrogen and oxygen atoms in total. The number of halogens is 1. The number of benzene rings is 2. The number of carbonyl (C=O) groups excluding carboxylic acids is 2. The van der Waals surface area contributed by atoms with Crippen molar-refractivity contribution in [2.75, 3.05) is 24.9 Å². The maximum Gasteiger partial charge on any atom is 0.314 e. The summed E-state index contributed by atoms with van der Waals surface area (Å²) in [6.07, 6.45) is 0. The highest BCUT2D eigenvalue weighted by molar-refractivity contribution is 6.44. The molecule has 0 radical (unpaired) electrons. The fourth-order valence-corrected chi connectivity index (χ4v) is 2.20. The van der Waals surface area contributed by atoms with Crippen LogP contribution in [0.25, 0.3) is 0 Å². The zero-order chi connectivity index (χ0) is 19.3. The minimum absolute atomic E-state index is 0.0423. The molecule has 0 spiro atoms. The van der Waals surface area contributed by atoms with E-state index in [1.807, 2.05) is 0 Å². The average Bonchev–Trinajstić information content (AvgIpc) is 2.61. The number of non-ortho nitro benzene ring substituents is 1. The molecule has 0 fully saturated rings. The molecule has 10 heteroatoms. The van der Waals surface area contributed by atoms with Gasteiger partial charge >= 0.3 is 11.8 Å². The van der Waals surface area contributed by atoms with Crippen molar-refractivity contribution < 1.29 is 24.0 Å². The van der Waals surface area contributed by atoms with Crippen LogP contribution in [0.15, 0.2) is 36.4 Å². The quantitative estimate of drug-likeness (QED) is 0.468. The maximum absolute atomic E-state index is 12.1. The molecule has 2 aromatic carbocycles. The van der Waals surface area contributed by atoms with Crippen LogP contribution in [0.5, 0.6) is 11.5 Å². The molecule has 136 valence electrons. The Kier molecular flexibility index (Phi) is 5.97. The lowest BCUT2D eigenvalue weighted by Gasteiger charge is -2.12. The number of ether oxygens (including phenoxy) is 2. The molecule has 0 saturated carbocycles. The van der Waals surface area contributed by atoms with Crippen molar-refractivity contribution in [3.63, 3.8) is 0 Å². The van der Waals surface area contributed by atoms with Gasteiger partial charge in [0.25, 0.3) is 5.69 Å². The number of anilines is 2. The molecule has 0 heterocycles. The van der Waals surface area contributed by atoms with E-state index in [1.54, 1.807) is 6.07 Å². The molecule has 0 atom stereocenters. The number of nitro benzene ring substituents is 1. The molecule has 2 N–H and O–H groups in total. The molecule has 0 saturated heterocycles. The lowest BCUT2D eigenvalue weighted by atomic mass is 10.2. The van der Waals surface area contributed by atoms with Crippen LogP contribution < -0.4 is 20.1 Å². The van der Waals surface area contributed by atoms with Crippen molar-refractivity contribution in [2.45, 2.75) is 0 Å². The first-order valence-electron chi connectivity index (χ1n) is 7.14. The van der Waals surface area contributed by atoms with E-state index < -0.39 is 16.7 Å². The summed E-state index contributed by atoms with van der Waals surface area (Å²) in [6.45, 7) is 0. The summed E-state index contributed by atoms with van der Waals surface area (Å²) >= 11 is 5.87. The van der Waals surface area contributed by atoms with Gasteiger partial charge in [0.05, 0.1) is 36.6 Å². The van der Waals surface area contributed by atoms with Crippen molar-refractivity contribution >= 4 is 40.5 Å². The molecule has 0 aliphatic rings. The first-order chi connectivity index (χ1) is 12.3. The minimum atomic E-state index is -1.00. The topological polar surface area (TPSA) is 120 Å². The van der Waals surface area contributed by atoms with Gasteiger partial charge in [-0.25, -0.2) is 0 Å². The summed E-state index contributed by atoms with van der Waals surface area (Å²) in [6, 6.07) is 8.11. The number of methoxy groups -OCH3 is 2. The van der Waals surface area contributed by atoms with Crippen molar-refractivity contribution in [3.8, 4) is 11.5 Å². The fraction of sp³-hybridized carbons (Fsp3) is 0.125. The van der Waals surface area contributed by atoms with Crippen molar-refractivity contribution in [3.05, 3.63) is 51.5 Å². The van der Waals surface area contributed by atoms with Crippen LogP contribution in [0.1, 0.15) is 0 Å². The van der Waals surface area contributed by atoms with Crippen LogP contribution in [0.3, 0.4) is 0 Å². The number of nitrogens with one attached hydrogen (secondary N) is 2. The van der Waals surface area contributed by atoms with Crippen LogP contribution in [0.4, 0.5) is 17.1 Å². The largest absolute Gasteiger partial charge is 0.495 e. The molecular formula is C16H14ClN3O6. The van der Waals surface area contributed by atoms with Crippen LogP contribution in [-0.2, 0) is 9.59 Å². The number of rotatable bonds is 5. The predicted octanol–water partition coefficient (Wildman–Crippen LogP) is 2.84. The normalized spacial score (nSPS) is 9.96. The average molecular weight is 380 g/mol. The zero-order valence-electron chi connectivity index (χ0n) is 13.7. The third-order valence-electron chi connectivity index (χ3n) is 3.26. The van der Waals surface area contributed by atoms with Crippen molar-refractivity contribution in [1.82, 2.24) is 0 Å². The molecule has 0 unspecified atom stereocenters. The number of hydrogen-bond donors (Lipinski definition) is 2. The van der Waals surface area contributed by atoms with E-state index >= 15 is 0 Å². The zero-order valence-corrected chi connectivity index (χ0v) is 14.5. The Labute approximate surface area is 153 Å². The van der Waals surface area contributed by atoms with Crippen molar-refractivity contribution in [2.24, 2.45) is 0 Å². The lowest BCUT2D eigenvalue weighted by molar-refractivity contribution is -0.384. The van der Waals surface area contributed by atoms with Crippen LogP contribution >= 0.6 is 11.6 Å². The van der Waals surface area contributed by atoms with Gasteiger partial charge in [0, 0.05) is 11.1 Å². The van der Waals surface area contributed by atoms with Gasteiger partial charge in [0.2, 0.25) is 0 Å². The van der Waals surface area contributed by atoms with Gasteiger partial charge in [-0.1, -0.05) is 11.6 Å². The Balaban J connectivity index is 2.16. The number of hydrogen-bond acceptors (Lipinski definition) is 6. The molecular weight excluding hydrogens is 366 g/mol. The highest BCUT2D eigenvalue weighted by Gasteiger charge is 2.19. The number of nitrogens with zero attached hydrogens (tertiary/aromatic N) is 1. The molecule has 26 heavy (non-hydrogen) atoms. The van der Waals surface area contributed by atoms with Gasteiger partial charge in [0.1, 0.15) is 11.5 Å². The summed E-state index contributed by atoms with van der Waals surface area (Å²) in [5.74, 6) is -1.62. The minimum Gasteiger partial charge on any atom is -0.495 e. The van der Waals surface area contributed by atoms with E-state index in [4.69, 9.17) is 21.1 Å². The smallest absolute Gasteiger partial charge is 0.314 e. The molecule has 2 aromatic rings. The van der Waals surface area contributed by atoms with Gasteiger partial charge in [-0.05, 0) is 24.3 Å². The SMILES string of the molecule is COc1ccc(Cl)cc1NC(=O)C(=O)Nc1ccc([N+](=O)[O-])cc1OC. The Morgan fingerprint density at radius 2 is 1.58 bits per heavy atom. The summed E-state index contributed by atoms with van der Waals surface area (Å²) in [5.41, 5.74) is 0.111. The highest BCUT2D eigenvalue weighted by Crippen LogP contribution is 2.30. The van der Waals surface area contributed by atoms with E-state index in [0.29, 0.717) is 10.8 Å². The first-order valence-corrected chi connectivity index (χ1v) is 7.51. The molecule has 0 aliphatic carbocycles. The summed E-state index contributed by atoms with van der Waals surface area (Å²) in [5, 5.41) is 15.8. The number of carbonyl (C=O) groups is 2. The second kappa shape index (κ2) is 8.17. The van der Waals surface area contributed by atoms with Crippen molar-refractivity contribution in [1.29, 1.82) is 0 Å². The van der Waals surface area contributed by atoms with Crippen LogP contribution in [0.2, 0.25) is 5.02 Å². The summed E-state index contributed by atoms with van der Waals surface area (Å²) in [4.78, 5) is 34.4. The fourth-order valence-electron chi connectivity index (χ4n) is 2.03. The molecule has 0 aliphatic heterocycles.